The van der Waals surface area contributed by atoms with Crippen LogP contribution in [0.5, 0.6) is 11.5 Å². The van der Waals surface area contributed by atoms with Crippen molar-refractivity contribution in [3.63, 3.8) is 0 Å². The summed E-state index contributed by atoms with van der Waals surface area (Å²) in [5.41, 5.74) is 3.97. The van der Waals surface area contributed by atoms with Crippen LogP contribution in [0, 0.1) is 5.92 Å². The van der Waals surface area contributed by atoms with Crippen molar-refractivity contribution >= 4 is 11.8 Å². The summed E-state index contributed by atoms with van der Waals surface area (Å²) >= 11 is 0. The quantitative estimate of drug-likeness (QED) is 0.516. The Balaban J connectivity index is 1.79. The molecule has 0 saturated carbocycles. The zero-order chi connectivity index (χ0) is 27.1. The first-order valence-electron chi connectivity index (χ1n) is 12.8. The van der Waals surface area contributed by atoms with Gasteiger partial charge in [-0.05, 0) is 53.8 Å². The Labute approximate surface area is 223 Å². The van der Waals surface area contributed by atoms with Gasteiger partial charge < -0.3 is 20.1 Å². The molecule has 0 spiro atoms. The van der Waals surface area contributed by atoms with Crippen LogP contribution in [0.4, 0.5) is 0 Å². The lowest BCUT2D eigenvalue weighted by atomic mass is 10.00. The van der Waals surface area contributed by atoms with Gasteiger partial charge in [-0.2, -0.15) is 0 Å². The number of nitrogens with one attached hydrogen (secondary N) is 2. The number of fused-ring (bicyclic) bond motifs is 5. The van der Waals surface area contributed by atoms with E-state index >= 15 is 0 Å². The van der Waals surface area contributed by atoms with E-state index in [2.05, 4.69) is 25.5 Å². The highest BCUT2D eigenvalue weighted by Gasteiger charge is 2.24. The molecule has 9 nitrogen and oxygen atoms in total. The second-order valence-electron chi connectivity index (χ2n) is 9.85. The molecular formula is C29H35N5O4. The van der Waals surface area contributed by atoms with Crippen LogP contribution in [0.3, 0.4) is 0 Å². The van der Waals surface area contributed by atoms with Gasteiger partial charge in [-0.1, -0.05) is 13.8 Å². The monoisotopic (exact) mass is 517 g/mol. The van der Waals surface area contributed by atoms with E-state index in [0.29, 0.717) is 49.7 Å². The molecule has 0 aliphatic carbocycles. The second-order valence-corrected chi connectivity index (χ2v) is 9.85. The third kappa shape index (κ3) is 6.66. The van der Waals surface area contributed by atoms with Crippen LogP contribution in [0.2, 0.25) is 0 Å². The molecule has 1 aliphatic heterocycles. The molecule has 200 valence electrons. The van der Waals surface area contributed by atoms with Crippen molar-refractivity contribution < 1.29 is 19.1 Å². The summed E-state index contributed by atoms with van der Waals surface area (Å²) in [6, 6.07) is 9.09. The van der Waals surface area contributed by atoms with Gasteiger partial charge in [-0.25, -0.2) is 0 Å². The van der Waals surface area contributed by atoms with E-state index in [0.717, 1.165) is 22.3 Å². The number of ether oxygens (including phenoxy) is 2. The Morgan fingerprint density at radius 2 is 1.79 bits per heavy atom. The summed E-state index contributed by atoms with van der Waals surface area (Å²) in [6.07, 6.45) is 7.28. The third-order valence-electron chi connectivity index (χ3n) is 6.47. The average Bonchev–Trinajstić information content (AvgIpc) is 2.92. The smallest absolute Gasteiger partial charge is 0.253 e. The molecule has 0 saturated heterocycles. The van der Waals surface area contributed by atoms with Crippen LogP contribution in [0.15, 0.2) is 55.1 Å². The molecule has 0 unspecified atom stereocenters. The molecule has 3 aromatic rings. The lowest BCUT2D eigenvalue weighted by molar-refractivity contribution is -0.123. The van der Waals surface area contributed by atoms with Crippen LogP contribution in [-0.4, -0.2) is 60.0 Å². The molecule has 38 heavy (non-hydrogen) atoms. The molecule has 3 heterocycles. The minimum Gasteiger partial charge on any atom is -0.493 e. The highest BCUT2D eigenvalue weighted by molar-refractivity contribution is 5.98. The lowest BCUT2D eigenvalue weighted by Crippen LogP contribution is -2.48. The number of amides is 2. The summed E-state index contributed by atoms with van der Waals surface area (Å²) in [7, 11) is 3.20. The number of hydrogen-bond acceptors (Lipinski definition) is 7. The Kier molecular flexibility index (Phi) is 8.91. The number of aromatic nitrogens is 2. The first-order chi connectivity index (χ1) is 18.4. The Morgan fingerprint density at radius 3 is 2.50 bits per heavy atom. The van der Waals surface area contributed by atoms with Gasteiger partial charge >= 0.3 is 0 Å². The predicted octanol–water partition coefficient (Wildman–Crippen LogP) is 3.44. The standard InChI is InChI=1S/C29H35N5O4/c1-19(2)11-25-29(36)32-9-10-34(17-20-5-7-30-8-6-20)18-21-12-24(27(38-4)26(13-21)37-3)22-14-23(16-31-15-22)28(35)33-25/h5-8,12-16,19,25H,9-11,17-18H2,1-4H3,(H,32,36)(H,33,35)/t25-/m1/s1. The van der Waals surface area contributed by atoms with Crippen LogP contribution in [0.25, 0.3) is 11.1 Å². The van der Waals surface area contributed by atoms with Gasteiger partial charge in [-0.15, -0.1) is 0 Å². The van der Waals surface area contributed by atoms with E-state index in [9.17, 15) is 9.59 Å². The maximum Gasteiger partial charge on any atom is 0.253 e. The van der Waals surface area contributed by atoms with Crippen LogP contribution in [0.1, 0.15) is 41.8 Å². The topological polar surface area (TPSA) is 106 Å². The zero-order valence-corrected chi connectivity index (χ0v) is 22.4. The minimum absolute atomic E-state index is 0.196. The summed E-state index contributed by atoms with van der Waals surface area (Å²) in [6.45, 7) is 6.37. The predicted molar refractivity (Wildman–Crippen MR) is 145 cm³/mol. The minimum atomic E-state index is -0.652. The third-order valence-corrected chi connectivity index (χ3v) is 6.47. The van der Waals surface area contributed by atoms with Crippen molar-refractivity contribution in [1.82, 2.24) is 25.5 Å². The molecule has 2 aromatic heterocycles. The molecule has 4 rings (SSSR count). The molecule has 0 radical (unpaired) electrons. The lowest BCUT2D eigenvalue weighted by Gasteiger charge is -2.25. The van der Waals surface area contributed by atoms with Crippen molar-refractivity contribution in [2.24, 2.45) is 5.92 Å². The van der Waals surface area contributed by atoms with Gasteiger partial charge in [0.1, 0.15) is 6.04 Å². The number of hydrogen-bond donors (Lipinski definition) is 2. The SMILES string of the molecule is COc1cc2cc(c1OC)-c1cncc(c1)C(=O)N[C@H](CC(C)C)C(=O)NCCN(Cc1ccncc1)C2. The Hall–Kier alpha value is -3.98. The van der Waals surface area contributed by atoms with E-state index in [1.807, 2.05) is 38.1 Å². The maximum atomic E-state index is 13.2. The summed E-state index contributed by atoms with van der Waals surface area (Å²) in [4.78, 5) is 37.1. The van der Waals surface area contributed by atoms with E-state index < -0.39 is 6.04 Å². The zero-order valence-electron chi connectivity index (χ0n) is 22.4. The number of carbonyl (C=O) groups excluding carboxylic acids is 2. The van der Waals surface area contributed by atoms with Gasteiger partial charge in [0.15, 0.2) is 11.5 Å². The van der Waals surface area contributed by atoms with E-state index in [1.54, 1.807) is 38.9 Å². The Morgan fingerprint density at radius 1 is 1.03 bits per heavy atom. The van der Waals surface area contributed by atoms with Crippen LogP contribution >= 0.6 is 0 Å². The molecule has 0 fully saturated rings. The largest absolute Gasteiger partial charge is 0.493 e. The van der Waals surface area contributed by atoms with Crippen molar-refractivity contribution in [3.05, 3.63) is 71.8 Å². The number of carbonyl (C=O) groups is 2. The number of rotatable bonds is 6. The first kappa shape index (κ1) is 27.1. The fourth-order valence-electron chi connectivity index (χ4n) is 4.66. The second kappa shape index (κ2) is 12.5. The van der Waals surface area contributed by atoms with Crippen molar-refractivity contribution in [2.75, 3.05) is 27.3 Å². The van der Waals surface area contributed by atoms with Crippen LogP contribution < -0.4 is 20.1 Å². The first-order valence-corrected chi connectivity index (χ1v) is 12.8. The van der Waals surface area contributed by atoms with Gasteiger partial charge in [0.05, 0.1) is 19.8 Å². The summed E-state index contributed by atoms with van der Waals surface area (Å²) < 4.78 is 11.4. The van der Waals surface area contributed by atoms with Crippen molar-refractivity contribution in [1.29, 1.82) is 0 Å². The molecule has 1 aliphatic rings. The van der Waals surface area contributed by atoms with E-state index in [-0.39, 0.29) is 17.7 Å². The normalized spacial score (nSPS) is 16.7. The highest BCUT2D eigenvalue weighted by atomic mass is 16.5. The molecule has 2 amide bonds. The maximum absolute atomic E-state index is 13.2. The molecule has 9 heteroatoms. The van der Waals surface area contributed by atoms with Gasteiger partial charge in [-0.3, -0.25) is 24.5 Å². The molecule has 1 atom stereocenters. The number of nitrogens with zero attached hydrogens (tertiary/aromatic N) is 3. The summed E-state index contributed by atoms with van der Waals surface area (Å²) in [5, 5.41) is 5.95. The van der Waals surface area contributed by atoms with Crippen LogP contribution in [-0.2, 0) is 17.9 Å². The van der Waals surface area contributed by atoms with Crippen molar-refractivity contribution in [2.45, 2.75) is 39.4 Å². The molecular weight excluding hydrogens is 482 g/mol. The van der Waals surface area contributed by atoms with Gasteiger partial charge in [0.25, 0.3) is 5.91 Å². The highest BCUT2D eigenvalue weighted by Crippen LogP contribution is 2.39. The number of benzene rings is 1. The van der Waals surface area contributed by atoms with E-state index in [1.165, 1.54) is 6.20 Å². The number of pyridine rings is 2. The van der Waals surface area contributed by atoms with Gasteiger partial charge in [0.2, 0.25) is 5.91 Å². The molecule has 1 aromatic carbocycles. The fraction of sp³-hybridized carbons (Fsp3) is 0.379. The average molecular weight is 518 g/mol. The van der Waals surface area contributed by atoms with Crippen molar-refractivity contribution in [3.8, 4) is 22.6 Å². The summed E-state index contributed by atoms with van der Waals surface area (Å²) in [5.74, 6) is 0.831. The Bertz CT molecular complexity index is 1270. The molecule has 2 N–H and O–H groups in total. The fourth-order valence-corrected chi connectivity index (χ4v) is 4.66. The number of methoxy groups -OCH3 is 2. The molecule has 4 bridgehead atoms. The van der Waals surface area contributed by atoms with Gasteiger partial charge in [0, 0.05) is 62.1 Å². The van der Waals surface area contributed by atoms with E-state index in [4.69, 9.17) is 9.47 Å².